The third-order valence-electron chi connectivity index (χ3n) is 4.22. The van der Waals surface area contributed by atoms with E-state index < -0.39 is 0 Å². The Hall–Kier alpha value is -3.35. The molecule has 29 heavy (non-hydrogen) atoms. The maximum Gasteiger partial charge on any atom is 0.214 e. The Bertz CT molecular complexity index is 930. The van der Waals surface area contributed by atoms with Crippen molar-refractivity contribution in [2.75, 3.05) is 6.54 Å². The van der Waals surface area contributed by atoms with Gasteiger partial charge in [0, 0.05) is 6.54 Å². The summed E-state index contributed by atoms with van der Waals surface area (Å²) < 4.78 is 24.3. The first-order valence-corrected chi connectivity index (χ1v) is 9.51. The SMILES string of the molecule is CCNC(=NCc1ccc(Oc2ccc(F)cc2)cc1)NCc1nc(C)c(C)o1. The van der Waals surface area contributed by atoms with Gasteiger partial charge in [0.25, 0.3) is 0 Å². The topological polar surface area (TPSA) is 71.7 Å². The summed E-state index contributed by atoms with van der Waals surface area (Å²) in [5.41, 5.74) is 1.93. The average molecular weight is 396 g/mol. The van der Waals surface area contributed by atoms with Gasteiger partial charge in [0.1, 0.15) is 23.1 Å². The van der Waals surface area contributed by atoms with Gasteiger partial charge in [-0.25, -0.2) is 14.4 Å². The molecule has 0 saturated carbocycles. The third kappa shape index (κ3) is 6.07. The fourth-order valence-electron chi connectivity index (χ4n) is 2.59. The molecular formula is C22H25FN4O2. The molecule has 7 heteroatoms. The van der Waals surface area contributed by atoms with Crippen LogP contribution in [0.3, 0.4) is 0 Å². The number of hydrogen-bond donors (Lipinski definition) is 2. The molecule has 0 aliphatic rings. The predicted molar refractivity (Wildman–Crippen MR) is 111 cm³/mol. The van der Waals surface area contributed by atoms with Gasteiger partial charge in [-0.05, 0) is 62.7 Å². The van der Waals surface area contributed by atoms with E-state index in [1.165, 1.54) is 12.1 Å². The van der Waals surface area contributed by atoms with Crippen LogP contribution in [0.2, 0.25) is 0 Å². The van der Waals surface area contributed by atoms with Crippen LogP contribution in [0.25, 0.3) is 0 Å². The number of hydrogen-bond acceptors (Lipinski definition) is 4. The number of nitrogens with zero attached hydrogens (tertiary/aromatic N) is 2. The zero-order chi connectivity index (χ0) is 20.6. The van der Waals surface area contributed by atoms with E-state index in [-0.39, 0.29) is 5.82 Å². The molecule has 2 aromatic carbocycles. The number of aryl methyl sites for hydroxylation is 2. The van der Waals surface area contributed by atoms with Crippen molar-refractivity contribution in [1.29, 1.82) is 0 Å². The van der Waals surface area contributed by atoms with Crippen molar-refractivity contribution in [2.24, 2.45) is 4.99 Å². The predicted octanol–water partition coefficient (Wildman–Crippen LogP) is 4.48. The summed E-state index contributed by atoms with van der Waals surface area (Å²) in [6, 6.07) is 13.6. The highest BCUT2D eigenvalue weighted by atomic mass is 19.1. The molecule has 0 radical (unpaired) electrons. The van der Waals surface area contributed by atoms with Gasteiger partial charge in [-0.15, -0.1) is 0 Å². The van der Waals surface area contributed by atoms with Gasteiger partial charge in [-0.2, -0.15) is 0 Å². The Morgan fingerprint density at radius 2 is 1.69 bits per heavy atom. The molecule has 3 aromatic rings. The van der Waals surface area contributed by atoms with Crippen LogP contribution in [0.4, 0.5) is 4.39 Å². The van der Waals surface area contributed by atoms with Crippen molar-refractivity contribution in [2.45, 2.75) is 33.9 Å². The Balaban J connectivity index is 1.57. The molecule has 0 bridgehead atoms. The summed E-state index contributed by atoms with van der Waals surface area (Å²) in [5, 5.41) is 6.43. The Morgan fingerprint density at radius 3 is 2.28 bits per heavy atom. The molecule has 1 heterocycles. The minimum atomic E-state index is -0.288. The lowest BCUT2D eigenvalue weighted by Gasteiger charge is -2.10. The lowest BCUT2D eigenvalue weighted by atomic mass is 10.2. The van der Waals surface area contributed by atoms with E-state index in [4.69, 9.17) is 9.15 Å². The van der Waals surface area contributed by atoms with E-state index in [0.29, 0.717) is 36.4 Å². The van der Waals surface area contributed by atoms with Gasteiger partial charge in [0.2, 0.25) is 5.89 Å². The van der Waals surface area contributed by atoms with Crippen LogP contribution in [0, 0.1) is 19.7 Å². The number of oxazole rings is 1. The Morgan fingerprint density at radius 1 is 1.03 bits per heavy atom. The number of guanidine groups is 1. The van der Waals surface area contributed by atoms with Crippen LogP contribution in [-0.2, 0) is 13.1 Å². The molecule has 2 N–H and O–H groups in total. The molecule has 0 atom stereocenters. The Labute approximate surface area is 169 Å². The van der Waals surface area contributed by atoms with Gasteiger partial charge in [-0.1, -0.05) is 12.1 Å². The lowest BCUT2D eigenvalue weighted by Crippen LogP contribution is -2.36. The summed E-state index contributed by atoms with van der Waals surface area (Å²) in [7, 11) is 0. The zero-order valence-corrected chi connectivity index (χ0v) is 16.8. The van der Waals surface area contributed by atoms with Crippen LogP contribution in [0.15, 0.2) is 57.9 Å². The average Bonchev–Trinajstić information content (AvgIpc) is 3.04. The van der Waals surface area contributed by atoms with Gasteiger partial charge in [0.05, 0.1) is 18.8 Å². The lowest BCUT2D eigenvalue weighted by molar-refractivity contribution is 0.463. The van der Waals surface area contributed by atoms with Crippen molar-refractivity contribution < 1.29 is 13.5 Å². The van der Waals surface area contributed by atoms with Crippen LogP contribution in [0.5, 0.6) is 11.5 Å². The summed E-state index contributed by atoms with van der Waals surface area (Å²) in [6.07, 6.45) is 0. The standard InChI is InChI=1S/C22H25FN4O2/c1-4-24-22(26-14-21-27-15(2)16(3)28-21)25-13-17-5-9-19(10-6-17)29-20-11-7-18(23)8-12-20/h5-12H,4,13-14H2,1-3H3,(H2,24,25,26). The van der Waals surface area contributed by atoms with Gasteiger partial charge in [-0.3, -0.25) is 0 Å². The van der Waals surface area contributed by atoms with Gasteiger partial charge < -0.3 is 19.8 Å². The molecule has 0 aliphatic heterocycles. The third-order valence-corrected chi connectivity index (χ3v) is 4.22. The zero-order valence-electron chi connectivity index (χ0n) is 16.8. The summed E-state index contributed by atoms with van der Waals surface area (Å²) >= 11 is 0. The molecule has 0 unspecified atom stereocenters. The van der Waals surface area contributed by atoms with Crippen molar-refractivity contribution in [3.8, 4) is 11.5 Å². The maximum atomic E-state index is 13.0. The van der Waals surface area contributed by atoms with Crippen LogP contribution >= 0.6 is 0 Å². The smallest absolute Gasteiger partial charge is 0.214 e. The number of aromatic nitrogens is 1. The highest BCUT2D eigenvalue weighted by Crippen LogP contribution is 2.22. The molecular weight excluding hydrogens is 371 g/mol. The van der Waals surface area contributed by atoms with E-state index in [2.05, 4.69) is 20.6 Å². The molecule has 0 aliphatic carbocycles. The Kier molecular flexibility index (Phi) is 6.84. The number of ether oxygens (including phenoxy) is 1. The second-order valence-corrected chi connectivity index (χ2v) is 6.50. The molecule has 1 aromatic heterocycles. The second kappa shape index (κ2) is 9.73. The molecule has 0 spiro atoms. The van der Waals surface area contributed by atoms with Gasteiger partial charge >= 0.3 is 0 Å². The van der Waals surface area contributed by atoms with Crippen LogP contribution in [-0.4, -0.2) is 17.5 Å². The van der Waals surface area contributed by atoms with Crippen LogP contribution in [0.1, 0.15) is 29.8 Å². The fourth-order valence-corrected chi connectivity index (χ4v) is 2.59. The highest BCUT2D eigenvalue weighted by molar-refractivity contribution is 5.79. The van der Waals surface area contributed by atoms with Crippen molar-refractivity contribution in [1.82, 2.24) is 15.6 Å². The van der Waals surface area contributed by atoms with E-state index >= 15 is 0 Å². The number of nitrogens with one attached hydrogen (secondary N) is 2. The van der Waals surface area contributed by atoms with E-state index in [1.54, 1.807) is 12.1 Å². The first-order chi connectivity index (χ1) is 14.0. The monoisotopic (exact) mass is 396 g/mol. The van der Waals surface area contributed by atoms with Crippen molar-refractivity contribution >= 4 is 5.96 Å². The minimum absolute atomic E-state index is 0.288. The molecule has 3 rings (SSSR count). The highest BCUT2D eigenvalue weighted by Gasteiger charge is 2.06. The van der Waals surface area contributed by atoms with Crippen molar-refractivity contribution in [3.63, 3.8) is 0 Å². The summed E-state index contributed by atoms with van der Waals surface area (Å²) in [5.74, 6) is 3.13. The van der Waals surface area contributed by atoms with E-state index in [0.717, 1.165) is 23.6 Å². The number of aliphatic imine (C=N–C) groups is 1. The fraction of sp³-hybridized carbons (Fsp3) is 0.273. The number of rotatable bonds is 7. The molecule has 0 fully saturated rings. The van der Waals surface area contributed by atoms with E-state index in [9.17, 15) is 4.39 Å². The van der Waals surface area contributed by atoms with E-state index in [1.807, 2.05) is 45.0 Å². The molecule has 0 amide bonds. The van der Waals surface area contributed by atoms with Crippen LogP contribution < -0.4 is 15.4 Å². The normalized spacial score (nSPS) is 11.4. The largest absolute Gasteiger partial charge is 0.457 e. The molecule has 0 saturated heterocycles. The quantitative estimate of drug-likeness (QED) is 0.455. The summed E-state index contributed by atoms with van der Waals surface area (Å²) in [4.78, 5) is 8.96. The number of halogens is 1. The second-order valence-electron chi connectivity index (χ2n) is 6.50. The first kappa shape index (κ1) is 20.4. The maximum absolute atomic E-state index is 13.0. The van der Waals surface area contributed by atoms with Crippen molar-refractivity contribution in [3.05, 3.63) is 77.3 Å². The molecule has 6 nitrogen and oxygen atoms in total. The first-order valence-electron chi connectivity index (χ1n) is 9.51. The number of benzene rings is 2. The minimum Gasteiger partial charge on any atom is -0.457 e. The molecule has 152 valence electrons. The summed E-state index contributed by atoms with van der Waals surface area (Å²) in [6.45, 7) is 7.55. The van der Waals surface area contributed by atoms with Gasteiger partial charge in [0.15, 0.2) is 5.96 Å².